The van der Waals surface area contributed by atoms with E-state index < -0.39 is 9.84 Å². The maximum absolute atomic E-state index is 11.2. The van der Waals surface area contributed by atoms with Crippen molar-refractivity contribution in [3.8, 4) is 0 Å². The molecule has 0 saturated carbocycles. The summed E-state index contributed by atoms with van der Waals surface area (Å²) in [5.74, 6) is 0.300. The minimum Gasteiger partial charge on any atom is -0.308 e. The van der Waals surface area contributed by atoms with Gasteiger partial charge in [-0.15, -0.1) is 0 Å². The Labute approximate surface area is 112 Å². The van der Waals surface area contributed by atoms with Crippen molar-refractivity contribution in [2.45, 2.75) is 51.6 Å². The third kappa shape index (κ3) is 4.52. The molecule has 0 aromatic heterocycles. The van der Waals surface area contributed by atoms with Crippen LogP contribution in [0.25, 0.3) is 0 Å². The molecule has 0 aliphatic carbocycles. The molecular weight excluding hydrogens is 248 g/mol. The first-order valence-electron chi connectivity index (χ1n) is 6.98. The van der Waals surface area contributed by atoms with Gasteiger partial charge in [0.15, 0.2) is 0 Å². The largest absolute Gasteiger partial charge is 0.308 e. The van der Waals surface area contributed by atoms with Crippen LogP contribution in [0.3, 0.4) is 0 Å². The zero-order valence-corrected chi connectivity index (χ0v) is 13.0. The Bertz CT molecular complexity index is 350. The maximum atomic E-state index is 11.2. The van der Waals surface area contributed by atoms with E-state index in [9.17, 15) is 8.42 Å². The van der Waals surface area contributed by atoms with Crippen LogP contribution < -0.4 is 5.32 Å². The standard InChI is InChI=1S/C13H28N2O2S/c1-5-13(6-2)11-15(12(3)10-14-13)8-7-9-18(4,16)17/h12,14H,5-11H2,1-4H3. The van der Waals surface area contributed by atoms with Crippen molar-refractivity contribution in [1.29, 1.82) is 0 Å². The molecule has 1 saturated heterocycles. The molecule has 0 bridgehead atoms. The molecule has 108 valence electrons. The highest BCUT2D eigenvalue weighted by molar-refractivity contribution is 7.90. The molecule has 0 spiro atoms. The van der Waals surface area contributed by atoms with Crippen molar-refractivity contribution in [2.75, 3.05) is 31.6 Å². The second-order valence-corrected chi connectivity index (χ2v) is 7.93. The highest BCUT2D eigenvalue weighted by atomic mass is 32.2. The van der Waals surface area contributed by atoms with Crippen LogP contribution in [0.5, 0.6) is 0 Å². The van der Waals surface area contributed by atoms with Gasteiger partial charge in [0.1, 0.15) is 9.84 Å². The molecule has 5 heteroatoms. The van der Waals surface area contributed by atoms with E-state index in [0.29, 0.717) is 11.8 Å². The second kappa shape index (κ2) is 6.35. The Morgan fingerprint density at radius 1 is 1.33 bits per heavy atom. The Balaban J connectivity index is 2.52. The Hall–Kier alpha value is -0.130. The van der Waals surface area contributed by atoms with Crippen molar-refractivity contribution < 1.29 is 8.42 Å². The molecule has 0 radical (unpaired) electrons. The van der Waals surface area contributed by atoms with Crippen LogP contribution in [-0.2, 0) is 9.84 Å². The van der Waals surface area contributed by atoms with Gasteiger partial charge in [-0.25, -0.2) is 8.42 Å². The molecule has 0 aromatic rings. The summed E-state index contributed by atoms with van der Waals surface area (Å²) in [7, 11) is -2.82. The number of hydrogen-bond acceptors (Lipinski definition) is 4. The summed E-state index contributed by atoms with van der Waals surface area (Å²) in [5, 5.41) is 3.66. The van der Waals surface area contributed by atoms with Gasteiger partial charge in [0.2, 0.25) is 0 Å². The monoisotopic (exact) mass is 276 g/mol. The zero-order chi connectivity index (χ0) is 13.8. The van der Waals surface area contributed by atoms with Gasteiger partial charge < -0.3 is 5.32 Å². The van der Waals surface area contributed by atoms with Gasteiger partial charge in [0.05, 0.1) is 5.75 Å². The van der Waals surface area contributed by atoms with E-state index in [1.165, 1.54) is 6.26 Å². The van der Waals surface area contributed by atoms with Gasteiger partial charge >= 0.3 is 0 Å². The van der Waals surface area contributed by atoms with Crippen LogP contribution in [0, 0.1) is 0 Å². The molecule has 1 aliphatic rings. The third-order valence-electron chi connectivity index (χ3n) is 4.22. The molecule has 1 aliphatic heterocycles. The summed E-state index contributed by atoms with van der Waals surface area (Å²) in [4.78, 5) is 2.44. The quantitative estimate of drug-likeness (QED) is 0.794. The molecule has 1 heterocycles. The smallest absolute Gasteiger partial charge is 0.147 e. The molecule has 0 amide bonds. The first-order chi connectivity index (χ1) is 8.32. The van der Waals surface area contributed by atoms with Crippen LogP contribution in [0.4, 0.5) is 0 Å². The fraction of sp³-hybridized carbons (Fsp3) is 1.00. The van der Waals surface area contributed by atoms with Crippen LogP contribution in [-0.4, -0.2) is 56.5 Å². The molecular formula is C13H28N2O2S. The topological polar surface area (TPSA) is 49.4 Å². The maximum Gasteiger partial charge on any atom is 0.147 e. The van der Waals surface area contributed by atoms with E-state index in [1.54, 1.807) is 0 Å². The van der Waals surface area contributed by atoms with E-state index in [0.717, 1.165) is 38.9 Å². The Morgan fingerprint density at radius 2 is 1.94 bits per heavy atom. The average Bonchev–Trinajstić information content (AvgIpc) is 2.30. The molecule has 1 fully saturated rings. The molecule has 0 aromatic carbocycles. The van der Waals surface area contributed by atoms with E-state index in [1.807, 2.05) is 0 Å². The number of nitrogens with zero attached hydrogens (tertiary/aromatic N) is 1. The predicted molar refractivity (Wildman–Crippen MR) is 76.7 cm³/mol. The van der Waals surface area contributed by atoms with Crippen LogP contribution in [0.1, 0.15) is 40.0 Å². The summed E-state index contributed by atoms with van der Waals surface area (Å²) in [5.41, 5.74) is 0.220. The molecule has 1 N–H and O–H groups in total. The molecule has 1 unspecified atom stereocenters. The number of nitrogens with one attached hydrogen (secondary N) is 1. The van der Waals surface area contributed by atoms with Gasteiger partial charge in [0, 0.05) is 30.9 Å². The summed E-state index contributed by atoms with van der Waals surface area (Å²) >= 11 is 0. The molecule has 18 heavy (non-hydrogen) atoms. The van der Waals surface area contributed by atoms with Crippen molar-refractivity contribution in [3.63, 3.8) is 0 Å². The normalized spacial score (nSPS) is 25.2. The fourth-order valence-electron chi connectivity index (χ4n) is 2.65. The number of hydrogen-bond donors (Lipinski definition) is 1. The number of rotatable bonds is 6. The van der Waals surface area contributed by atoms with E-state index in [4.69, 9.17) is 0 Å². The van der Waals surface area contributed by atoms with Crippen LogP contribution in [0.2, 0.25) is 0 Å². The first kappa shape index (κ1) is 15.9. The summed E-state index contributed by atoms with van der Waals surface area (Å²) in [6.45, 7) is 9.58. The lowest BCUT2D eigenvalue weighted by Gasteiger charge is -2.46. The lowest BCUT2D eigenvalue weighted by atomic mass is 9.88. The van der Waals surface area contributed by atoms with Crippen molar-refractivity contribution >= 4 is 9.84 Å². The Morgan fingerprint density at radius 3 is 2.44 bits per heavy atom. The summed E-state index contributed by atoms with van der Waals surface area (Å²) in [6.07, 6.45) is 4.31. The number of sulfone groups is 1. The number of piperazine rings is 1. The van der Waals surface area contributed by atoms with E-state index in [2.05, 4.69) is 31.0 Å². The van der Waals surface area contributed by atoms with E-state index >= 15 is 0 Å². The van der Waals surface area contributed by atoms with Crippen molar-refractivity contribution in [2.24, 2.45) is 0 Å². The highest BCUT2D eigenvalue weighted by Crippen LogP contribution is 2.22. The van der Waals surface area contributed by atoms with Crippen LogP contribution >= 0.6 is 0 Å². The fourth-order valence-corrected chi connectivity index (χ4v) is 3.30. The lowest BCUT2D eigenvalue weighted by Crippen LogP contribution is -2.63. The van der Waals surface area contributed by atoms with Gasteiger partial charge in [-0.3, -0.25) is 4.90 Å². The molecule has 1 rings (SSSR count). The van der Waals surface area contributed by atoms with Gasteiger partial charge in [-0.1, -0.05) is 13.8 Å². The second-order valence-electron chi connectivity index (χ2n) is 5.67. The summed E-state index contributed by atoms with van der Waals surface area (Å²) in [6, 6.07) is 0.496. The highest BCUT2D eigenvalue weighted by Gasteiger charge is 2.34. The van der Waals surface area contributed by atoms with E-state index in [-0.39, 0.29) is 5.54 Å². The van der Waals surface area contributed by atoms with Crippen LogP contribution in [0.15, 0.2) is 0 Å². The Kier molecular flexibility index (Phi) is 5.62. The van der Waals surface area contributed by atoms with Crippen molar-refractivity contribution in [1.82, 2.24) is 10.2 Å². The van der Waals surface area contributed by atoms with Gasteiger partial charge in [0.25, 0.3) is 0 Å². The zero-order valence-electron chi connectivity index (χ0n) is 12.2. The minimum absolute atomic E-state index is 0.220. The minimum atomic E-state index is -2.82. The lowest BCUT2D eigenvalue weighted by molar-refractivity contribution is 0.0812. The van der Waals surface area contributed by atoms with Gasteiger partial charge in [-0.2, -0.15) is 0 Å². The molecule has 1 atom stereocenters. The van der Waals surface area contributed by atoms with Gasteiger partial charge in [-0.05, 0) is 32.7 Å². The third-order valence-corrected chi connectivity index (χ3v) is 5.25. The SMILES string of the molecule is CCC1(CC)CN(CCCS(C)(=O)=O)C(C)CN1. The predicted octanol–water partition coefficient (Wildman–Crippen LogP) is 1.27. The first-order valence-corrected chi connectivity index (χ1v) is 9.05. The van der Waals surface area contributed by atoms with Crippen molar-refractivity contribution in [3.05, 3.63) is 0 Å². The average molecular weight is 276 g/mol. The summed E-state index contributed by atoms with van der Waals surface area (Å²) < 4.78 is 22.3. The molecule has 4 nitrogen and oxygen atoms in total.